The van der Waals surface area contributed by atoms with Gasteiger partial charge in [-0.25, -0.2) is 0 Å². The molecule has 440 valence electrons. The Morgan fingerprint density at radius 2 is 1.07 bits per heavy atom. The lowest BCUT2D eigenvalue weighted by Crippen LogP contribution is -2.51. The van der Waals surface area contributed by atoms with Gasteiger partial charge in [0.2, 0.25) is 0 Å². The predicted octanol–water partition coefficient (Wildman–Crippen LogP) is 16.5. The van der Waals surface area contributed by atoms with E-state index in [9.17, 15) is 9.59 Å². The normalized spacial score (nSPS) is 36.8. The lowest BCUT2D eigenvalue weighted by molar-refractivity contribution is -0.142. The van der Waals surface area contributed by atoms with Gasteiger partial charge in [-0.3, -0.25) is 9.59 Å². The van der Waals surface area contributed by atoms with Crippen molar-refractivity contribution >= 4 is 27.9 Å². The fourth-order valence-corrected chi connectivity index (χ4v) is 18.9. The molecule has 16 atom stereocenters. The van der Waals surface area contributed by atoms with Crippen molar-refractivity contribution in [2.75, 3.05) is 51.4 Å². The summed E-state index contributed by atoms with van der Waals surface area (Å²) in [5, 5.41) is 3.44. The summed E-state index contributed by atoms with van der Waals surface area (Å²) in [6.07, 6.45) is 36.3. The van der Waals surface area contributed by atoms with Crippen LogP contribution in [-0.2, 0) is 28.5 Å². The summed E-state index contributed by atoms with van der Waals surface area (Å²) in [6, 6.07) is 0. The highest BCUT2D eigenvalue weighted by Gasteiger charge is 2.61. The molecule has 0 saturated heterocycles. The van der Waals surface area contributed by atoms with E-state index in [2.05, 4.69) is 107 Å². The van der Waals surface area contributed by atoms with E-state index in [1.165, 1.54) is 128 Å². The zero-order valence-corrected chi connectivity index (χ0v) is 51.9. The van der Waals surface area contributed by atoms with E-state index < -0.39 is 0 Å². The molecule has 8 aliphatic rings. The number of hydrogen-bond acceptors (Lipinski definition) is 8. The Labute approximate surface area is 476 Å². The summed E-state index contributed by atoms with van der Waals surface area (Å²) < 4.78 is 21.8. The average molecular weight is 1130 g/mol. The van der Waals surface area contributed by atoms with Crippen LogP contribution in [0.1, 0.15) is 232 Å². The smallest absolute Gasteiger partial charge is 0.319 e. The van der Waals surface area contributed by atoms with Crippen molar-refractivity contribution in [3.63, 3.8) is 0 Å². The molecule has 6 fully saturated rings. The monoisotopic (exact) mass is 1130 g/mol. The Morgan fingerprint density at radius 3 is 1.47 bits per heavy atom. The summed E-state index contributed by atoms with van der Waals surface area (Å²) in [5.74, 6) is 10.5. The first kappa shape index (κ1) is 65.5. The second-order valence-corrected chi connectivity index (χ2v) is 28.3. The number of fused-ring (bicyclic) bond motifs is 10. The second-order valence-electron chi connectivity index (χ2n) is 27.8. The Hall–Kier alpha value is -1.26. The van der Waals surface area contributed by atoms with Crippen LogP contribution < -0.4 is 11.1 Å². The fraction of sp³-hybridized carbons (Fsp3) is 0.910. The zero-order valence-electron chi connectivity index (χ0n) is 50.4. The van der Waals surface area contributed by atoms with Crippen LogP contribution in [0.15, 0.2) is 23.3 Å². The van der Waals surface area contributed by atoms with Gasteiger partial charge in [-0.1, -0.05) is 154 Å². The van der Waals surface area contributed by atoms with Crippen molar-refractivity contribution < 1.29 is 28.5 Å². The number of carbonyl (C=O) groups is 2. The Balaban J connectivity index is 0.000000249. The maximum atomic E-state index is 11.5. The molecule has 0 aromatic rings. The van der Waals surface area contributed by atoms with Crippen LogP contribution in [0.4, 0.5) is 0 Å². The third-order valence-electron chi connectivity index (χ3n) is 22.6. The van der Waals surface area contributed by atoms with E-state index >= 15 is 0 Å². The summed E-state index contributed by atoms with van der Waals surface area (Å²) in [5.41, 5.74) is 11.1. The number of nitrogens with two attached hydrogens (primary N) is 1. The summed E-state index contributed by atoms with van der Waals surface area (Å²) >= 11 is 2.94. The summed E-state index contributed by atoms with van der Waals surface area (Å²) in [7, 11) is 0. The van der Waals surface area contributed by atoms with Gasteiger partial charge in [-0.15, -0.1) is 0 Å². The van der Waals surface area contributed by atoms with Gasteiger partial charge in [-0.05, 0) is 209 Å². The Bertz CT molecular complexity index is 1840. The molecule has 8 rings (SSSR count). The quantitative estimate of drug-likeness (QED) is 0.0478. The predicted molar refractivity (Wildman–Crippen MR) is 321 cm³/mol. The molecule has 3 N–H and O–H groups in total. The van der Waals surface area contributed by atoms with E-state index in [0.29, 0.717) is 72.1 Å². The highest BCUT2D eigenvalue weighted by molar-refractivity contribution is 9.09. The maximum Gasteiger partial charge on any atom is 0.319 e. The lowest BCUT2D eigenvalue weighted by Gasteiger charge is -2.58. The van der Waals surface area contributed by atoms with Gasteiger partial charge < -0.3 is 30.0 Å². The van der Waals surface area contributed by atoms with E-state index in [0.717, 1.165) is 90.5 Å². The first-order valence-electron chi connectivity index (χ1n) is 31.7. The number of hydrogen-bond donors (Lipinski definition) is 2. The summed E-state index contributed by atoms with van der Waals surface area (Å²) in [4.78, 5) is 21.6. The molecule has 0 aromatic carbocycles. The minimum absolute atomic E-state index is 0. The van der Waals surface area contributed by atoms with Gasteiger partial charge in [0.05, 0.1) is 45.2 Å². The fourth-order valence-electron chi connectivity index (χ4n) is 18.7. The largest absolute Gasteiger partial charge is 0.465 e. The molecule has 0 aromatic heterocycles. The van der Waals surface area contributed by atoms with Crippen molar-refractivity contribution in [1.82, 2.24) is 5.32 Å². The van der Waals surface area contributed by atoms with Gasteiger partial charge in [0.15, 0.2) is 0 Å². The SMILES string of the molecule is C.CC(C)CCC[C@@H](C)[C@H]1CCC2C3CC=C4C[C@@H](OCCN)CC[C@]4(C)C3CC[C@@]21C.CCOC(=O)CBr.CCOC(=O)CNCCO[C@H]1CC[C@@]2(C)C(=CCC3C2CC[C@@]2(C)C3CC[C@@H]2[C@H](C)CCCC(C)C)C1. The highest BCUT2D eigenvalue weighted by atomic mass is 79.9. The molecule has 6 saturated carbocycles. The molecule has 0 aliphatic heterocycles. The minimum Gasteiger partial charge on any atom is -0.465 e. The van der Waals surface area contributed by atoms with Gasteiger partial charge in [-0.2, -0.15) is 0 Å². The molecule has 8 aliphatic carbocycles. The number of allylic oxidation sites excluding steroid dienone is 2. The summed E-state index contributed by atoms with van der Waals surface area (Å²) in [6.45, 7) is 32.8. The molecule has 0 amide bonds. The van der Waals surface area contributed by atoms with Crippen LogP contribution in [0.5, 0.6) is 0 Å². The van der Waals surface area contributed by atoms with Crippen molar-refractivity contribution in [2.24, 2.45) is 98.4 Å². The van der Waals surface area contributed by atoms with Gasteiger partial charge >= 0.3 is 11.9 Å². The third kappa shape index (κ3) is 15.6. The maximum absolute atomic E-state index is 11.5. The van der Waals surface area contributed by atoms with E-state index in [4.69, 9.17) is 19.9 Å². The number of carbonyl (C=O) groups excluding carboxylic acids is 2. The second kappa shape index (κ2) is 30.2. The Morgan fingerprint density at radius 1 is 0.618 bits per heavy atom. The Kier molecular flexibility index (Phi) is 26.0. The number of halogens is 1. The van der Waals surface area contributed by atoms with Crippen LogP contribution in [-0.4, -0.2) is 75.5 Å². The van der Waals surface area contributed by atoms with Crippen LogP contribution in [0.25, 0.3) is 0 Å². The molecule has 8 nitrogen and oxygen atoms in total. The van der Waals surface area contributed by atoms with Crippen LogP contribution in [0.3, 0.4) is 0 Å². The molecule has 0 heterocycles. The molecule has 76 heavy (non-hydrogen) atoms. The first-order chi connectivity index (χ1) is 35.8. The average Bonchev–Trinajstić information content (AvgIpc) is 3.93. The van der Waals surface area contributed by atoms with Gasteiger partial charge in [0, 0.05) is 13.1 Å². The van der Waals surface area contributed by atoms with Crippen molar-refractivity contribution in [2.45, 2.75) is 244 Å². The number of alkyl halides is 1. The van der Waals surface area contributed by atoms with Gasteiger partial charge in [0.1, 0.15) is 5.33 Å². The minimum atomic E-state index is -0.206. The molecule has 6 unspecified atom stereocenters. The molecular formula is C67H119BrN2O6. The van der Waals surface area contributed by atoms with Crippen LogP contribution in [0, 0.1) is 92.7 Å². The van der Waals surface area contributed by atoms with E-state index in [1.807, 2.05) is 6.92 Å². The number of ether oxygens (including phenoxy) is 4. The third-order valence-corrected chi connectivity index (χ3v) is 23.1. The van der Waals surface area contributed by atoms with E-state index in [-0.39, 0.29) is 25.9 Å². The number of rotatable bonds is 22. The van der Waals surface area contributed by atoms with Crippen molar-refractivity contribution in [3.8, 4) is 0 Å². The molecule has 9 heteroatoms. The molecular weight excluding hydrogens is 1010 g/mol. The van der Waals surface area contributed by atoms with Crippen molar-refractivity contribution in [1.29, 1.82) is 0 Å². The molecule has 0 spiro atoms. The molecule has 0 bridgehead atoms. The topological polar surface area (TPSA) is 109 Å². The first-order valence-corrected chi connectivity index (χ1v) is 32.8. The van der Waals surface area contributed by atoms with Crippen LogP contribution in [0.2, 0.25) is 0 Å². The van der Waals surface area contributed by atoms with Crippen molar-refractivity contribution in [3.05, 3.63) is 23.3 Å². The standard InChI is InChI=1S/C33H57NO3.C29H51NO.C4H7BrO2.CH4/c1-7-36-31(35)22-34-19-20-37-26-15-17-32(5)25(21-26)11-12-27-29-14-13-28(24(4)10-8-9-23(2)3)33(29,6)18-16-30(27)32;1-20(2)7-6-8-21(3)25-11-12-26-24-10-9-22-19-23(31-18-17-30)13-15-28(22,4)27(24)14-16-29(25,26)5;1-2-7-4(6)3-5;/h11,23-24,26-30,34H,7-10,12-22H2,1-6H3;9,20-21,23-27H,6-8,10-19,30H2,1-5H3;2-3H2,1H3;1H4/t24-,26+,27?,28-,29?,30?,32+,33-;21-,23+,24?,25-,26?,27?,28+,29-;;/m11../s1. The highest BCUT2D eigenvalue weighted by Crippen LogP contribution is 2.69. The van der Waals surface area contributed by atoms with Crippen LogP contribution >= 0.6 is 15.9 Å². The zero-order chi connectivity index (χ0) is 54.6. The van der Waals surface area contributed by atoms with Gasteiger partial charge in [0.25, 0.3) is 0 Å². The molecule has 0 radical (unpaired) electrons. The van der Waals surface area contributed by atoms with E-state index in [1.54, 1.807) is 18.1 Å². The number of esters is 2. The lowest BCUT2D eigenvalue weighted by atomic mass is 9.47. The number of nitrogens with one attached hydrogen (secondary N) is 1.